The van der Waals surface area contributed by atoms with Crippen LogP contribution in [0, 0.1) is 0 Å². The summed E-state index contributed by atoms with van der Waals surface area (Å²) in [6.45, 7) is 0. The second-order valence-corrected chi connectivity index (χ2v) is 6.51. The molecular weight excluding hydrogens is 466 g/mol. The summed E-state index contributed by atoms with van der Waals surface area (Å²) in [5, 5.41) is 0. The number of halogens is 1. The van der Waals surface area contributed by atoms with Crippen LogP contribution in [0.5, 0.6) is 0 Å². The van der Waals surface area contributed by atoms with E-state index >= 15 is 0 Å². The third-order valence-corrected chi connectivity index (χ3v) is 5.20. The molecule has 0 aliphatic rings. The van der Waals surface area contributed by atoms with Gasteiger partial charge in [0.1, 0.15) is 6.15 Å². The summed E-state index contributed by atoms with van der Waals surface area (Å²) < 4.78 is 0. The van der Waals surface area contributed by atoms with Gasteiger partial charge in [0.2, 0.25) is 0 Å². The Hall–Kier alpha value is -1.07. The van der Waals surface area contributed by atoms with E-state index in [1.807, 2.05) is 0 Å². The Balaban J connectivity index is 0.00000131. The predicted octanol–water partition coefficient (Wildman–Crippen LogP) is -0.313. The van der Waals surface area contributed by atoms with Gasteiger partial charge >= 0.3 is 37.7 Å². The minimum Gasteiger partial charge on any atom is -1.00 e. The molecule has 0 N–H and O–H groups in total. The van der Waals surface area contributed by atoms with Gasteiger partial charge in [-0.25, -0.2) is 0 Å². The van der Waals surface area contributed by atoms with Crippen molar-refractivity contribution in [2.24, 2.45) is 0 Å². The Morgan fingerprint density at radius 3 is 0.704 bits per heavy atom. The molecule has 0 saturated heterocycles. The van der Waals surface area contributed by atoms with E-state index in [-0.39, 0.29) is 61.7 Å². The van der Waals surface area contributed by atoms with E-state index in [4.69, 9.17) is 0 Å². The van der Waals surface area contributed by atoms with Crippen LogP contribution in [0.15, 0.2) is 121 Å². The molecule has 128 valence electrons. The van der Waals surface area contributed by atoms with Crippen LogP contribution in [-0.4, -0.2) is 43.9 Å². The standard InChI is InChI=1S/C24H20B.Ca.HI/c1-5-13-21(14-6-1)25(22-15-7-2-8-16-22,23-17-9-3-10-18-23)24-19-11-4-12-20-24;;/h1-20H;;1H/q-1;+2;/p-1. The molecule has 0 unspecified atom stereocenters. The molecule has 0 saturated carbocycles. The zero-order valence-corrected chi connectivity index (χ0v) is 19.6. The smallest absolute Gasteiger partial charge is 1.00 e. The Morgan fingerprint density at radius 1 is 0.333 bits per heavy atom. The normalized spacial score (nSPS) is 10.4. The molecule has 0 fully saturated rings. The summed E-state index contributed by atoms with van der Waals surface area (Å²) in [5.74, 6) is 0. The number of benzene rings is 4. The molecule has 4 rings (SSSR count). The van der Waals surface area contributed by atoms with Gasteiger partial charge in [-0.15, -0.1) is 0 Å². The topological polar surface area (TPSA) is 0 Å². The van der Waals surface area contributed by atoms with Crippen LogP contribution in [0.1, 0.15) is 0 Å². The van der Waals surface area contributed by atoms with E-state index in [1.54, 1.807) is 0 Å². The predicted molar refractivity (Wildman–Crippen MR) is 116 cm³/mol. The number of rotatable bonds is 4. The van der Waals surface area contributed by atoms with Gasteiger partial charge in [-0.2, -0.15) is 21.9 Å². The van der Waals surface area contributed by atoms with Crippen LogP contribution in [0.3, 0.4) is 0 Å². The molecule has 4 aromatic carbocycles. The van der Waals surface area contributed by atoms with Crippen molar-refractivity contribution in [3.05, 3.63) is 121 Å². The molecule has 0 aromatic heterocycles. The summed E-state index contributed by atoms with van der Waals surface area (Å²) in [6, 6.07) is 43.5. The maximum absolute atomic E-state index is 2.26. The minimum absolute atomic E-state index is 0. The fourth-order valence-electron chi connectivity index (χ4n) is 4.12. The Kier molecular flexibility index (Phi) is 8.62. The molecule has 27 heavy (non-hydrogen) atoms. The molecule has 0 heterocycles. The Morgan fingerprint density at radius 2 is 0.519 bits per heavy atom. The molecule has 0 atom stereocenters. The third-order valence-electron chi connectivity index (χ3n) is 5.20. The molecule has 0 nitrogen and oxygen atoms in total. The van der Waals surface area contributed by atoms with Crippen molar-refractivity contribution in [3.63, 3.8) is 0 Å². The van der Waals surface area contributed by atoms with E-state index in [0.717, 1.165) is 0 Å². The van der Waals surface area contributed by atoms with Crippen molar-refractivity contribution in [2.45, 2.75) is 0 Å². The van der Waals surface area contributed by atoms with Crippen LogP contribution in [-0.2, 0) is 0 Å². The van der Waals surface area contributed by atoms with Crippen LogP contribution in [0.2, 0.25) is 0 Å². The zero-order valence-electron chi connectivity index (χ0n) is 15.2. The van der Waals surface area contributed by atoms with Crippen LogP contribution in [0.4, 0.5) is 0 Å². The van der Waals surface area contributed by atoms with Gasteiger partial charge in [-0.3, -0.25) is 0 Å². The van der Waals surface area contributed by atoms with Gasteiger partial charge in [0.05, 0.1) is 0 Å². The second kappa shape index (κ2) is 10.5. The summed E-state index contributed by atoms with van der Waals surface area (Å²) in [4.78, 5) is 0. The van der Waals surface area contributed by atoms with Crippen LogP contribution in [0.25, 0.3) is 0 Å². The van der Waals surface area contributed by atoms with Crippen molar-refractivity contribution in [2.75, 3.05) is 0 Å². The first-order valence-electron chi connectivity index (χ1n) is 8.80. The van der Waals surface area contributed by atoms with Crippen molar-refractivity contribution < 1.29 is 24.0 Å². The zero-order chi connectivity index (χ0) is 17.0. The molecule has 4 aromatic rings. The third kappa shape index (κ3) is 4.35. The molecular formula is C24H20BCaI. The van der Waals surface area contributed by atoms with Crippen LogP contribution < -0.4 is 45.8 Å². The second-order valence-electron chi connectivity index (χ2n) is 6.51. The van der Waals surface area contributed by atoms with Gasteiger partial charge in [0.15, 0.2) is 0 Å². The first-order chi connectivity index (χ1) is 12.4. The summed E-state index contributed by atoms with van der Waals surface area (Å²) in [6.07, 6.45) is -1.22. The fourth-order valence-corrected chi connectivity index (χ4v) is 4.12. The van der Waals surface area contributed by atoms with E-state index in [0.29, 0.717) is 0 Å². The van der Waals surface area contributed by atoms with Gasteiger partial charge in [0, 0.05) is 0 Å². The van der Waals surface area contributed by atoms with Gasteiger partial charge in [0.25, 0.3) is 0 Å². The van der Waals surface area contributed by atoms with Crippen LogP contribution >= 0.6 is 0 Å². The van der Waals surface area contributed by atoms with Gasteiger partial charge < -0.3 is 24.0 Å². The van der Waals surface area contributed by atoms with Gasteiger partial charge in [-0.05, 0) is 0 Å². The molecule has 0 aliphatic carbocycles. The molecule has 0 aliphatic heterocycles. The Bertz CT molecular complexity index is 765. The summed E-state index contributed by atoms with van der Waals surface area (Å²) >= 11 is 0. The number of hydrogen-bond acceptors (Lipinski definition) is 0. The van der Waals surface area contributed by atoms with Crippen molar-refractivity contribution in [1.29, 1.82) is 0 Å². The maximum Gasteiger partial charge on any atom is 2.00 e. The summed E-state index contributed by atoms with van der Waals surface area (Å²) in [7, 11) is 0. The first-order valence-corrected chi connectivity index (χ1v) is 8.80. The Labute approximate surface area is 209 Å². The largest absolute Gasteiger partial charge is 2.00 e. The van der Waals surface area contributed by atoms with E-state index < -0.39 is 6.15 Å². The van der Waals surface area contributed by atoms with E-state index in [1.165, 1.54) is 21.9 Å². The number of hydrogen-bond donors (Lipinski definition) is 0. The van der Waals surface area contributed by atoms with Gasteiger partial charge in [-0.1, -0.05) is 121 Å². The molecule has 0 radical (unpaired) electrons. The molecule has 0 spiro atoms. The van der Waals surface area contributed by atoms with E-state index in [2.05, 4.69) is 121 Å². The minimum atomic E-state index is -1.22. The quantitative estimate of drug-likeness (QED) is 0.275. The average Bonchev–Trinajstić information content (AvgIpc) is 2.72. The van der Waals surface area contributed by atoms with E-state index in [9.17, 15) is 0 Å². The van der Waals surface area contributed by atoms with Crippen molar-refractivity contribution in [3.8, 4) is 0 Å². The van der Waals surface area contributed by atoms with Crippen molar-refractivity contribution >= 4 is 65.7 Å². The molecule has 3 heteroatoms. The fraction of sp³-hybridized carbons (Fsp3) is 0. The first kappa shape index (κ1) is 22.2. The SMILES string of the molecule is [Ca+2].[I-].c1ccc([B-](c2ccccc2)(c2ccccc2)c2ccccc2)cc1. The van der Waals surface area contributed by atoms with Crippen molar-refractivity contribution in [1.82, 2.24) is 0 Å². The summed E-state index contributed by atoms with van der Waals surface area (Å²) in [5.41, 5.74) is 5.36. The molecule has 0 bridgehead atoms. The monoisotopic (exact) mass is 486 g/mol. The molecule has 0 amide bonds. The average molecular weight is 486 g/mol. The maximum atomic E-state index is 2.26.